The Kier molecular flexibility index (Phi) is 7.57. The van der Waals surface area contributed by atoms with Crippen LogP contribution in [0.4, 0.5) is 0 Å². The van der Waals surface area contributed by atoms with Crippen molar-refractivity contribution in [1.82, 2.24) is 15.2 Å². The number of carbonyl (C=O) groups is 2. The normalized spacial score (nSPS) is 11.5. The van der Waals surface area contributed by atoms with Crippen LogP contribution in [0.15, 0.2) is 79.1 Å². The van der Waals surface area contributed by atoms with Gasteiger partial charge in [0.2, 0.25) is 11.8 Å². The van der Waals surface area contributed by atoms with Gasteiger partial charge in [0.15, 0.2) is 0 Å². The number of carbonyl (C=O) groups excluding carboxylic acids is 2. The molecule has 3 rings (SSSR count). The van der Waals surface area contributed by atoms with E-state index >= 15 is 0 Å². The fourth-order valence-electron chi connectivity index (χ4n) is 3.08. The van der Waals surface area contributed by atoms with Crippen LogP contribution >= 0.6 is 11.6 Å². The summed E-state index contributed by atoms with van der Waals surface area (Å²) in [7, 11) is 0. The summed E-state index contributed by atoms with van der Waals surface area (Å²) in [4.78, 5) is 31.6. The van der Waals surface area contributed by atoms with Crippen LogP contribution < -0.4 is 5.32 Å². The molecule has 0 fully saturated rings. The lowest BCUT2D eigenvalue weighted by molar-refractivity contribution is -0.140. The number of nitrogens with zero attached hydrogens (tertiary/aromatic N) is 2. The lowest BCUT2D eigenvalue weighted by Crippen LogP contribution is -2.48. The summed E-state index contributed by atoms with van der Waals surface area (Å²) in [6.45, 7) is 2.47. The second-order valence-corrected chi connectivity index (χ2v) is 7.50. The quantitative estimate of drug-likeness (QED) is 0.597. The van der Waals surface area contributed by atoms with Crippen LogP contribution in [-0.4, -0.2) is 27.7 Å². The van der Waals surface area contributed by atoms with Crippen molar-refractivity contribution in [2.75, 3.05) is 0 Å². The summed E-state index contributed by atoms with van der Waals surface area (Å²) in [5.74, 6) is -0.329. The lowest BCUT2D eigenvalue weighted by Gasteiger charge is -2.29. The molecule has 3 aromatic rings. The summed E-state index contributed by atoms with van der Waals surface area (Å²) < 4.78 is 0. The van der Waals surface area contributed by atoms with Crippen LogP contribution in [0.3, 0.4) is 0 Å². The summed E-state index contributed by atoms with van der Waals surface area (Å²) in [6.07, 6.45) is 3.59. The van der Waals surface area contributed by atoms with E-state index in [0.29, 0.717) is 18.1 Å². The molecule has 0 unspecified atom stereocenters. The Hall–Kier alpha value is -3.18. The molecule has 0 saturated carbocycles. The molecule has 1 aromatic heterocycles. The molecule has 2 amide bonds. The van der Waals surface area contributed by atoms with Crippen LogP contribution in [0, 0.1) is 0 Å². The van der Waals surface area contributed by atoms with Crippen molar-refractivity contribution in [3.8, 4) is 0 Å². The minimum absolute atomic E-state index is 0.120. The molecule has 5 nitrogen and oxygen atoms in total. The van der Waals surface area contributed by atoms with Gasteiger partial charge < -0.3 is 10.2 Å². The number of rotatable bonds is 8. The van der Waals surface area contributed by atoms with Crippen molar-refractivity contribution >= 4 is 23.4 Å². The monoisotopic (exact) mass is 421 g/mol. The van der Waals surface area contributed by atoms with Crippen LogP contribution in [0.1, 0.15) is 23.6 Å². The Labute approximate surface area is 181 Å². The van der Waals surface area contributed by atoms with E-state index in [1.807, 2.05) is 54.6 Å². The first-order valence-electron chi connectivity index (χ1n) is 9.77. The number of amides is 2. The number of halogens is 1. The van der Waals surface area contributed by atoms with Gasteiger partial charge in [-0.3, -0.25) is 14.6 Å². The van der Waals surface area contributed by atoms with Crippen LogP contribution in [-0.2, 0) is 29.1 Å². The van der Waals surface area contributed by atoms with Gasteiger partial charge in [0, 0.05) is 30.5 Å². The summed E-state index contributed by atoms with van der Waals surface area (Å²) in [6, 6.07) is 19.9. The van der Waals surface area contributed by atoms with Crippen LogP contribution in [0.25, 0.3) is 0 Å². The number of hydrogen-bond donors (Lipinski definition) is 1. The zero-order valence-electron chi connectivity index (χ0n) is 16.8. The zero-order valence-corrected chi connectivity index (χ0v) is 17.5. The fraction of sp³-hybridized carbons (Fsp3) is 0.208. The first kappa shape index (κ1) is 21.5. The van der Waals surface area contributed by atoms with E-state index in [2.05, 4.69) is 10.3 Å². The SMILES string of the molecule is C[C@H](C(=O)NCc1cccnc1)N(Cc1ccccc1)C(=O)Cc1ccc(Cl)cc1. The predicted octanol–water partition coefficient (Wildman–Crippen LogP) is 4.01. The molecule has 0 radical (unpaired) electrons. The number of pyridine rings is 1. The van der Waals surface area contributed by atoms with E-state index in [1.54, 1.807) is 36.4 Å². The smallest absolute Gasteiger partial charge is 0.242 e. The molecule has 1 atom stereocenters. The lowest BCUT2D eigenvalue weighted by atomic mass is 10.1. The molecule has 2 aromatic carbocycles. The maximum atomic E-state index is 13.1. The number of benzene rings is 2. The first-order chi connectivity index (χ1) is 14.5. The Morgan fingerprint density at radius 1 is 0.967 bits per heavy atom. The standard InChI is InChI=1S/C24H24ClN3O2/c1-18(24(30)27-16-21-8-5-13-26-15-21)28(17-20-6-3-2-4-7-20)23(29)14-19-9-11-22(25)12-10-19/h2-13,15,18H,14,16-17H2,1H3,(H,27,30)/t18-/m1/s1. The highest BCUT2D eigenvalue weighted by molar-refractivity contribution is 6.30. The van der Waals surface area contributed by atoms with Gasteiger partial charge in [-0.05, 0) is 41.8 Å². The van der Waals surface area contributed by atoms with Crippen molar-refractivity contribution < 1.29 is 9.59 Å². The van der Waals surface area contributed by atoms with E-state index in [4.69, 9.17) is 11.6 Å². The molecule has 0 bridgehead atoms. The summed E-state index contributed by atoms with van der Waals surface area (Å²) in [5, 5.41) is 3.52. The zero-order chi connectivity index (χ0) is 21.3. The molecule has 0 aliphatic rings. The molecule has 0 saturated heterocycles. The molecule has 1 N–H and O–H groups in total. The number of hydrogen-bond acceptors (Lipinski definition) is 3. The van der Waals surface area contributed by atoms with Crippen molar-refractivity contribution in [3.63, 3.8) is 0 Å². The van der Waals surface area contributed by atoms with Crippen molar-refractivity contribution in [2.45, 2.75) is 32.5 Å². The molecule has 0 spiro atoms. The number of aromatic nitrogens is 1. The van der Waals surface area contributed by atoms with Gasteiger partial charge in [-0.2, -0.15) is 0 Å². The Morgan fingerprint density at radius 2 is 1.67 bits per heavy atom. The minimum Gasteiger partial charge on any atom is -0.350 e. The second-order valence-electron chi connectivity index (χ2n) is 7.07. The molecular formula is C24H24ClN3O2. The van der Waals surface area contributed by atoms with E-state index in [9.17, 15) is 9.59 Å². The molecule has 30 heavy (non-hydrogen) atoms. The van der Waals surface area contributed by atoms with E-state index < -0.39 is 6.04 Å². The van der Waals surface area contributed by atoms with E-state index in [0.717, 1.165) is 16.7 Å². The highest BCUT2D eigenvalue weighted by Crippen LogP contribution is 2.14. The largest absolute Gasteiger partial charge is 0.350 e. The van der Waals surface area contributed by atoms with E-state index in [1.165, 1.54) is 0 Å². The van der Waals surface area contributed by atoms with E-state index in [-0.39, 0.29) is 18.2 Å². The fourth-order valence-corrected chi connectivity index (χ4v) is 3.21. The predicted molar refractivity (Wildman–Crippen MR) is 118 cm³/mol. The minimum atomic E-state index is -0.623. The Morgan fingerprint density at radius 3 is 2.33 bits per heavy atom. The average molecular weight is 422 g/mol. The molecular weight excluding hydrogens is 398 g/mol. The third-order valence-electron chi connectivity index (χ3n) is 4.82. The number of nitrogens with one attached hydrogen (secondary N) is 1. The molecule has 0 aliphatic carbocycles. The van der Waals surface area contributed by atoms with Crippen LogP contribution in [0.5, 0.6) is 0 Å². The van der Waals surface area contributed by atoms with Gasteiger partial charge in [0.25, 0.3) is 0 Å². The highest BCUT2D eigenvalue weighted by Gasteiger charge is 2.26. The third-order valence-corrected chi connectivity index (χ3v) is 5.07. The van der Waals surface area contributed by atoms with Crippen molar-refractivity contribution in [3.05, 3.63) is 101 Å². The molecule has 0 aliphatic heterocycles. The Bertz CT molecular complexity index is 963. The van der Waals surface area contributed by atoms with Gasteiger partial charge in [-0.15, -0.1) is 0 Å². The average Bonchev–Trinajstić information content (AvgIpc) is 2.78. The maximum absolute atomic E-state index is 13.1. The topological polar surface area (TPSA) is 62.3 Å². The van der Waals surface area contributed by atoms with Crippen molar-refractivity contribution in [2.24, 2.45) is 0 Å². The summed E-state index contributed by atoms with van der Waals surface area (Å²) >= 11 is 5.94. The summed E-state index contributed by atoms with van der Waals surface area (Å²) in [5.41, 5.74) is 2.72. The van der Waals surface area contributed by atoms with Crippen molar-refractivity contribution in [1.29, 1.82) is 0 Å². The van der Waals surface area contributed by atoms with Gasteiger partial charge >= 0.3 is 0 Å². The maximum Gasteiger partial charge on any atom is 0.242 e. The molecule has 6 heteroatoms. The van der Waals surface area contributed by atoms with Gasteiger partial charge in [0.05, 0.1) is 6.42 Å². The Balaban J connectivity index is 1.72. The third kappa shape index (κ3) is 6.16. The molecule has 1 heterocycles. The second kappa shape index (κ2) is 10.6. The van der Waals surface area contributed by atoms with Gasteiger partial charge in [0.1, 0.15) is 6.04 Å². The van der Waals surface area contributed by atoms with Gasteiger partial charge in [-0.1, -0.05) is 60.1 Å². The highest BCUT2D eigenvalue weighted by atomic mass is 35.5. The molecule has 154 valence electrons. The van der Waals surface area contributed by atoms with Crippen LogP contribution in [0.2, 0.25) is 5.02 Å². The van der Waals surface area contributed by atoms with Gasteiger partial charge in [-0.25, -0.2) is 0 Å². The first-order valence-corrected chi connectivity index (χ1v) is 10.1.